The number of aromatic carboxylic acids is 1. The fourth-order valence-electron chi connectivity index (χ4n) is 3.27. The van der Waals surface area contributed by atoms with Crippen molar-refractivity contribution in [2.45, 2.75) is 58.3 Å². The molecule has 0 atom stereocenters. The van der Waals surface area contributed by atoms with Gasteiger partial charge in [-0.1, -0.05) is 69.7 Å². The predicted molar refractivity (Wildman–Crippen MR) is 114 cm³/mol. The van der Waals surface area contributed by atoms with Crippen molar-refractivity contribution in [3.05, 3.63) is 53.6 Å². The summed E-state index contributed by atoms with van der Waals surface area (Å²) in [5.41, 5.74) is 2.17. The van der Waals surface area contributed by atoms with Crippen molar-refractivity contribution in [3.63, 3.8) is 0 Å². The number of hydrogen-bond acceptors (Lipinski definition) is 3. The van der Waals surface area contributed by atoms with E-state index in [0.29, 0.717) is 23.5 Å². The summed E-state index contributed by atoms with van der Waals surface area (Å²) in [6, 6.07) is 12.0. The molecule has 0 aliphatic rings. The standard InChI is InChI=1S/C24H30O5/c1-2-3-4-5-6-7-8-15-29-20-13-14-21(22(17-20)24(27)28)19-11-9-18(10-12-19)16-23(25)26/h9-14,17H,2-8,15-16H2,1H3,(H,25,26)(H,27,28). The van der Waals surface area contributed by atoms with Gasteiger partial charge in [-0.15, -0.1) is 0 Å². The van der Waals surface area contributed by atoms with Crippen molar-refractivity contribution in [2.24, 2.45) is 0 Å². The first-order chi connectivity index (χ1) is 14.0. The van der Waals surface area contributed by atoms with E-state index in [1.54, 1.807) is 42.5 Å². The van der Waals surface area contributed by atoms with Gasteiger partial charge in [-0.25, -0.2) is 4.79 Å². The highest BCUT2D eigenvalue weighted by Crippen LogP contribution is 2.28. The number of carboxylic acid groups (broad SMARTS) is 2. The first-order valence-corrected chi connectivity index (χ1v) is 10.3. The number of ether oxygens (including phenoxy) is 1. The Kier molecular flexibility index (Phi) is 9.22. The van der Waals surface area contributed by atoms with Crippen LogP contribution in [0.4, 0.5) is 0 Å². The van der Waals surface area contributed by atoms with E-state index in [1.807, 2.05) is 0 Å². The van der Waals surface area contributed by atoms with Crippen LogP contribution < -0.4 is 4.74 Å². The lowest BCUT2D eigenvalue weighted by Crippen LogP contribution is -2.03. The van der Waals surface area contributed by atoms with Crippen molar-refractivity contribution < 1.29 is 24.5 Å². The lowest BCUT2D eigenvalue weighted by molar-refractivity contribution is -0.136. The van der Waals surface area contributed by atoms with Gasteiger partial charge in [0.1, 0.15) is 5.75 Å². The van der Waals surface area contributed by atoms with Crippen molar-refractivity contribution >= 4 is 11.9 Å². The van der Waals surface area contributed by atoms with Crippen LogP contribution in [0.25, 0.3) is 11.1 Å². The second kappa shape index (κ2) is 11.9. The molecule has 0 spiro atoms. The van der Waals surface area contributed by atoms with Crippen molar-refractivity contribution in [2.75, 3.05) is 6.61 Å². The van der Waals surface area contributed by atoms with Gasteiger partial charge in [-0.3, -0.25) is 4.79 Å². The summed E-state index contributed by atoms with van der Waals surface area (Å²) in [7, 11) is 0. The molecule has 0 saturated carbocycles. The zero-order valence-electron chi connectivity index (χ0n) is 17.0. The van der Waals surface area contributed by atoms with Gasteiger partial charge in [-0.05, 0) is 41.3 Å². The maximum absolute atomic E-state index is 11.7. The van der Waals surface area contributed by atoms with E-state index in [9.17, 15) is 14.7 Å². The first-order valence-electron chi connectivity index (χ1n) is 10.3. The molecule has 5 nitrogen and oxygen atoms in total. The fraction of sp³-hybridized carbons (Fsp3) is 0.417. The van der Waals surface area contributed by atoms with Crippen molar-refractivity contribution in [3.8, 4) is 16.9 Å². The smallest absolute Gasteiger partial charge is 0.336 e. The zero-order valence-corrected chi connectivity index (χ0v) is 17.0. The largest absolute Gasteiger partial charge is 0.494 e. The molecule has 0 aliphatic heterocycles. The Morgan fingerprint density at radius 3 is 2.14 bits per heavy atom. The number of carbonyl (C=O) groups is 2. The Balaban J connectivity index is 1.96. The number of aliphatic carboxylic acids is 1. The summed E-state index contributed by atoms with van der Waals surface area (Å²) < 4.78 is 5.75. The number of unbranched alkanes of at least 4 members (excludes halogenated alkanes) is 6. The van der Waals surface area contributed by atoms with Gasteiger partial charge >= 0.3 is 11.9 Å². The van der Waals surface area contributed by atoms with Gasteiger partial charge in [-0.2, -0.15) is 0 Å². The molecule has 2 N–H and O–H groups in total. The van der Waals surface area contributed by atoms with E-state index in [2.05, 4.69) is 6.92 Å². The lowest BCUT2D eigenvalue weighted by atomic mass is 9.98. The highest BCUT2D eigenvalue weighted by Gasteiger charge is 2.14. The summed E-state index contributed by atoms with van der Waals surface area (Å²) in [5.74, 6) is -1.36. The number of rotatable bonds is 13. The average molecular weight is 398 g/mol. The van der Waals surface area contributed by atoms with Crippen LogP contribution in [0, 0.1) is 0 Å². The van der Waals surface area contributed by atoms with E-state index in [-0.39, 0.29) is 12.0 Å². The van der Waals surface area contributed by atoms with E-state index in [1.165, 1.54) is 32.1 Å². The third-order valence-electron chi connectivity index (χ3n) is 4.86. The van der Waals surface area contributed by atoms with Crippen LogP contribution in [0.2, 0.25) is 0 Å². The average Bonchev–Trinajstić information content (AvgIpc) is 2.70. The molecule has 0 unspecified atom stereocenters. The summed E-state index contributed by atoms with van der Waals surface area (Å²) >= 11 is 0. The Labute approximate surface area is 172 Å². The molecule has 0 amide bonds. The molecule has 0 aromatic heterocycles. The molecule has 0 heterocycles. The van der Waals surface area contributed by atoms with Crippen LogP contribution in [0.1, 0.15) is 67.8 Å². The Morgan fingerprint density at radius 2 is 1.52 bits per heavy atom. The topological polar surface area (TPSA) is 83.8 Å². The third kappa shape index (κ3) is 7.60. The monoisotopic (exact) mass is 398 g/mol. The van der Waals surface area contributed by atoms with Gasteiger partial charge in [0, 0.05) is 0 Å². The molecule has 2 rings (SSSR count). The van der Waals surface area contributed by atoms with Crippen LogP contribution >= 0.6 is 0 Å². The molecule has 0 radical (unpaired) electrons. The fourth-order valence-corrected chi connectivity index (χ4v) is 3.27. The Hall–Kier alpha value is -2.82. The van der Waals surface area contributed by atoms with Crippen LogP contribution in [-0.2, 0) is 11.2 Å². The van der Waals surface area contributed by atoms with E-state index >= 15 is 0 Å². The molecule has 156 valence electrons. The van der Waals surface area contributed by atoms with E-state index in [0.717, 1.165) is 18.4 Å². The molecular formula is C24H30O5. The third-order valence-corrected chi connectivity index (χ3v) is 4.86. The first kappa shape index (κ1) is 22.5. The van der Waals surface area contributed by atoms with E-state index < -0.39 is 11.9 Å². The molecule has 0 bridgehead atoms. The van der Waals surface area contributed by atoms with E-state index in [4.69, 9.17) is 9.84 Å². The quantitative estimate of drug-likeness (QED) is 0.416. The predicted octanol–water partition coefficient (Wildman–Crippen LogP) is 5.81. The Bertz CT molecular complexity index is 795. The highest BCUT2D eigenvalue weighted by atomic mass is 16.5. The normalized spacial score (nSPS) is 10.7. The molecule has 0 aliphatic carbocycles. The molecule has 29 heavy (non-hydrogen) atoms. The maximum Gasteiger partial charge on any atom is 0.336 e. The van der Waals surface area contributed by atoms with Crippen LogP contribution in [0.5, 0.6) is 5.75 Å². The van der Waals surface area contributed by atoms with Crippen LogP contribution in [0.3, 0.4) is 0 Å². The maximum atomic E-state index is 11.7. The van der Waals surface area contributed by atoms with Gasteiger partial charge in [0.15, 0.2) is 0 Å². The lowest BCUT2D eigenvalue weighted by Gasteiger charge is -2.11. The molecule has 0 saturated heterocycles. The number of hydrogen-bond donors (Lipinski definition) is 2. The molecule has 2 aromatic rings. The minimum atomic E-state index is -1.02. The molecule has 5 heteroatoms. The van der Waals surface area contributed by atoms with Crippen LogP contribution in [0.15, 0.2) is 42.5 Å². The van der Waals surface area contributed by atoms with Gasteiger partial charge < -0.3 is 14.9 Å². The minimum absolute atomic E-state index is 0.0581. The molecule has 0 fully saturated rings. The van der Waals surface area contributed by atoms with Crippen molar-refractivity contribution in [1.82, 2.24) is 0 Å². The number of benzene rings is 2. The van der Waals surface area contributed by atoms with Crippen LogP contribution in [-0.4, -0.2) is 28.8 Å². The molecular weight excluding hydrogens is 368 g/mol. The number of carboxylic acids is 2. The van der Waals surface area contributed by atoms with Gasteiger partial charge in [0.25, 0.3) is 0 Å². The van der Waals surface area contributed by atoms with Gasteiger partial charge in [0.05, 0.1) is 18.6 Å². The van der Waals surface area contributed by atoms with Crippen molar-refractivity contribution in [1.29, 1.82) is 0 Å². The van der Waals surface area contributed by atoms with Gasteiger partial charge in [0.2, 0.25) is 0 Å². The Morgan fingerprint density at radius 1 is 0.862 bits per heavy atom. The summed E-state index contributed by atoms with van der Waals surface area (Å²) in [6.45, 7) is 2.79. The zero-order chi connectivity index (χ0) is 21.1. The SMILES string of the molecule is CCCCCCCCCOc1ccc(-c2ccc(CC(=O)O)cc2)c(C(=O)O)c1. The second-order valence-electron chi connectivity index (χ2n) is 7.25. The minimum Gasteiger partial charge on any atom is -0.494 e. The molecule has 2 aromatic carbocycles. The summed E-state index contributed by atoms with van der Waals surface area (Å²) in [6.07, 6.45) is 8.32. The summed E-state index contributed by atoms with van der Waals surface area (Å²) in [5, 5.41) is 18.5. The second-order valence-corrected chi connectivity index (χ2v) is 7.25. The highest BCUT2D eigenvalue weighted by molar-refractivity contribution is 5.96. The summed E-state index contributed by atoms with van der Waals surface area (Å²) in [4.78, 5) is 22.5.